The molecule has 0 unspecified atom stereocenters. The fourth-order valence-electron chi connectivity index (χ4n) is 2.80. The molecule has 2 aromatic carbocycles. The lowest BCUT2D eigenvalue weighted by Crippen LogP contribution is -2.23. The van der Waals surface area contributed by atoms with Crippen LogP contribution in [-0.2, 0) is 27.0 Å². The van der Waals surface area contributed by atoms with E-state index in [1.165, 1.54) is 25.3 Å². The smallest absolute Gasteiger partial charge is 0.375 e. The lowest BCUT2D eigenvalue weighted by atomic mass is 10.2. The van der Waals surface area contributed by atoms with Crippen molar-refractivity contribution in [3.63, 3.8) is 0 Å². The van der Waals surface area contributed by atoms with Crippen molar-refractivity contribution in [2.75, 3.05) is 24.4 Å². The first kappa shape index (κ1) is 20.3. The van der Waals surface area contributed by atoms with Crippen LogP contribution in [0.15, 0.2) is 48.5 Å². The van der Waals surface area contributed by atoms with Gasteiger partial charge in [-0.25, -0.2) is 4.98 Å². The van der Waals surface area contributed by atoms with Gasteiger partial charge < -0.3 is 19.9 Å². The van der Waals surface area contributed by atoms with E-state index in [1.54, 1.807) is 30.3 Å². The molecule has 3 rings (SSSR count). The molecule has 1 heterocycles. The summed E-state index contributed by atoms with van der Waals surface area (Å²) in [6.45, 7) is -0.708. The van der Waals surface area contributed by atoms with Gasteiger partial charge in [-0.3, -0.25) is 9.59 Å². The van der Waals surface area contributed by atoms with Crippen LogP contribution in [0, 0.1) is 0 Å². The number of methoxy groups -OCH3 is 1. The zero-order valence-corrected chi connectivity index (χ0v) is 15.3. The molecule has 29 heavy (non-hydrogen) atoms. The molecule has 0 atom stereocenters. The van der Waals surface area contributed by atoms with Crippen LogP contribution in [0.4, 0.5) is 24.5 Å². The minimum absolute atomic E-state index is 0.134. The molecule has 0 fully saturated rings. The van der Waals surface area contributed by atoms with E-state index < -0.39 is 24.5 Å². The molecule has 0 radical (unpaired) electrons. The van der Waals surface area contributed by atoms with Crippen LogP contribution in [0.25, 0.3) is 11.0 Å². The van der Waals surface area contributed by atoms with Gasteiger partial charge in [0.2, 0.25) is 17.6 Å². The second kappa shape index (κ2) is 8.31. The third-order valence-electron chi connectivity index (χ3n) is 3.92. The average molecular weight is 406 g/mol. The van der Waals surface area contributed by atoms with E-state index in [1.807, 2.05) is 0 Å². The SMILES string of the molecule is COCC(=O)Nc1cccc(NC(=O)Cn2c(C(F)(F)F)nc3ccccc32)c1. The maximum absolute atomic E-state index is 13.3. The number of halogens is 3. The number of hydrogen-bond donors (Lipinski definition) is 2. The number of imidazole rings is 1. The largest absolute Gasteiger partial charge is 0.449 e. The zero-order chi connectivity index (χ0) is 21.0. The number of para-hydroxylation sites is 2. The maximum Gasteiger partial charge on any atom is 0.449 e. The van der Waals surface area contributed by atoms with Gasteiger partial charge in [-0.05, 0) is 30.3 Å². The average Bonchev–Trinajstić information content (AvgIpc) is 3.01. The van der Waals surface area contributed by atoms with Gasteiger partial charge in [0.05, 0.1) is 11.0 Å². The van der Waals surface area contributed by atoms with E-state index in [0.29, 0.717) is 11.4 Å². The van der Waals surface area contributed by atoms with Crippen molar-refractivity contribution >= 4 is 34.2 Å². The van der Waals surface area contributed by atoms with E-state index in [2.05, 4.69) is 15.6 Å². The van der Waals surface area contributed by atoms with E-state index in [-0.39, 0.29) is 23.5 Å². The van der Waals surface area contributed by atoms with Gasteiger partial charge in [0, 0.05) is 18.5 Å². The van der Waals surface area contributed by atoms with Gasteiger partial charge in [0.25, 0.3) is 0 Å². The van der Waals surface area contributed by atoms with Gasteiger partial charge >= 0.3 is 6.18 Å². The summed E-state index contributed by atoms with van der Waals surface area (Å²) in [4.78, 5) is 27.6. The Morgan fingerprint density at radius 1 is 1.03 bits per heavy atom. The molecule has 0 saturated heterocycles. The lowest BCUT2D eigenvalue weighted by Gasteiger charge is -2.12. The fourth-order valence-corrected chi connectivity index (χ4v) is 2.80. The van der Waals surface area contributed by atoms with Crippen molar-refractivity contribution in [3.8, 4) is 0 Å². The lowest BCUT2D eigenvalue weighted by molar-refractivity contribution is -0.147. The highest BCUT2D eigenvalue weighted by atomic mass is 19.4. The van der Waals surface area contributed by atoms with Crippen LogP contribution in [0.2, 0.25) is 0 Å². The number of hydrogen-bond acceptors (Lipinski definition) is 4. The van der Waals surface area contributed by atoms with Crippen molar-refractivity contribution in [1.82, 2.24) is 9.55 Å². The number of ether oxygens (including phenoxy) is 1. The Hall–Kier alpha value is -3.40. The predicted octanol–water partition coefficient (Wildman–Crippen LogP) is 3.28. The first-order valence-corrected chi connectivity index (χ1v) is 8.49. The maximum atomic E-state index is 13.3. The van der Waals surface area contributed by atoms with Crippen LogP contribution in [0.3, 0.4) is 0 Å². The summed E-state index contributed by atoms with van der Waals surface area (Å²) >= 11 is 0. The number of amides is 2. The summed E-state index contributed by atoms with van der Waals surface area (Å²) in [5.74, 6) is -2.19. The van der Waals surface area contributed by atoms with Crippen molar-refractivity contribution in [2.45, 2.75) is 12.7 Å². The number of aromatic nitrogens is 2. The summed E-state index contributed by atoms with van der Waals surface area (Å²) in [5.41, 5.74) is 1.09. The molecule has 3 aromatic rings. The predicted molar refractivity (Wildman–Crippen MR) is 100 cm³/mol. The molecule has 0 spiro atoms. The quantitative estimate of drug-likeness (QED) is 0.658. The number of carbonyl (C=O) groups excluding carboxylic acids is 2. The Labute approximate surface area is 163 Å². The molecular formula is C19H17F3N4O3. The van der Waals surface area contributed by atoms with E-state index in [9.17, 15) is 22.8 Å². The first-order valence-electron chi connectivity index (χ1n) is 8.49. The second-order valence-corrected chi connectivity index (χ2v) is 6.12. The highest BCUT2D eigenvalue weighted by Gasteiger charge is 2.38. The molecule has 0 aliphatic carbocycles. The number of anilines is 2. The van der Waals surface area contributed by atoms with Crippen molar-refractivity contribution in [1.29, 1.82) is 0 Å². The number of benzene rings is 2. The topological polar surface area (TPSA) is 85.3 Å². The van der Waals surface area contributed by atoms with Crippen molar-refractivity contribution in [3.05, 3.63) is 54.4 Å². The Balaban J connectivity index is 1.79. The molecule has 1 aromatic heterocycles. The zero-order valence-electron chi connectivity index (χ0n) is 15.3. The Bertz CT molecular complexity index is 1050. The molecule has 0 aliphatic heterocycles. The summed E-state index contributed by atoms with van der Waals surface area (Å²) < 4.78 is 45.6. The summed E-state index contributed by atoms with van der Waals surface area (Å²) in [5, 5.41) is 5.11. The fraction of sp³-hybridized carbons (Fsp3) is 0.211. The molecule has 0 aliphatic rings. The van der Waals surface area contributed by atoms with Crippen LogP contribution in [0.1, 0.15) is 5.82 Å². The first-order chi connectivity index (χ1) is 13.8. The third-order valence-corrected chi connectivity index (χ3v) is 3.92. The van der Waals surface area contributed by atoms with Gasteiger partial charge in [-0.2, -0.15) is 13.2 Å². The van der Waals surface area contributed by atoms with Crippen molar-refractivity contribution in [2.24, 2.45) is 0 Å². The number of fused-ring (bicyclic) bond motifs is 1. The highest BCUT2D eigenvalue weighted by Crippen LogP contribution is 2.31. The number of rotatable bonds is 6. The molecular weight excluding hydrogens is 389 g/mol. The number of alkyl halides is 3. The summed E-state index contributed by atoms with van der Waals surface area (Å²) in [6.07, 6.45) is -4.70. The molecule has 0 bridgehead atoms. The normalized spacial score (nSPS) is 11.4. The van der Waals surface area contributed by atoms with E-state index in [0.717, 1.165) is 4.57 Å². The monoisotopic (exact) mass is 406 g/mol. The highest BCUT2D eigenvalue weighted by molar-refractivity contribution is 5.95. The standard InChI is InChI=1S/C19H17F3N4O3/c1-29-11-17(28)24-13-6-4-5-12(9-13)23-16(27)10-26-15-8-3-2-7-14(15)25-18(26)19(20,21)22/h2-9H,10-11H2,1H3,(H,23,27)(H,24,28). The molecule has 2 amide bonds. The van der Waals surface area contributed by atoms with Gasteiger partial charge in [-0.1, -0.05) is 18.2 Å². The second-order valence-electron chi connectivity index (χ2n) is 6.12. The Morgan fingerprint density at radius 2 is 1.69 bits per heavy atom. The van der Waals surface area contributed by atoms with E-state index in [4.69, 9.17) is 4.74 Å². The van der Waals surface area contributed by atoms with Crippen LogP contribution >= 0.6 is 0 Å². The number of carbonyl (C=O) groups is 2. The number of nitrogens with one attached hydrogen (secondary N) is 2. The van der Waals surface area contributed by atoms with Crippen LogP contribution < -0.4 is 10.6 Å². The molecule has 0 saturated carbocycles. The van der Waals surface area contributed by atoms with E-state index >= 15 is 0 Å². The Morgan fingerprint density at radius 3 is 2.34 bits per heavy atom. The summed E-state index contributed by atoms with van der Waals surface area (Å²) in [7, 11) is 1.38. The third kappa shape index (κ3) is 4.91. The Kier molecular flexibility index (Phi) is 5.83. The van der Waals surface area contributed by atoms with Gasteiger partial charge in [0.15, 0.2) is 0 Å². The molecule has 152 valence electrons. The van der Waals surface area contributed by atoms with Gasteiger partial charge in [0.1, 0.15) is 13.2 Å². The van der Waals surface area contributed by atoms with Crippen LogP contribution in [-0.4, -0.2) is 35.1 Å². The van der Waals surface area contributed by atoms with Crippen molar-refractivity contribution < 1.29 is 27.5 Å². The molecule has 2 N–H and O–H groups in total. The molecule has 10 heteroatoms. The minimum atomic E-state index is -4.70. The van der Waals surface area contributed by atoms with Gasteiger partial charge in [-0.15, -0.1) is 0 Å². The minimum Gasteiger partial charge on any atom is -0.375 e. The summed E-state index contributed by atoms with van der Waals surface area (Å²) in [6, 6.07) is 12.3. The van der Waals surface area contributed by atoms with Crippen LogP contribution in [0.5, 0.6) is 0 Å². The number of nitrogens with zero attached hydrogens (tertiary/aromatic N) is 2. The molecule has 7 nitrogen and oxygen atoms in total.